The number of aromatic nitrogens is 1. The summed E-state index contributed by atoms with van der Waals surface area (Å²) in [5, 5.41) is 21.3. The Morgan fingerprint density at radius 2 is 1.89 bits per heavy atom. The standard InChI is InChI=1S/C13H6BrClN4/c14-10-4-12(15)13(18-7-10)19-11-2-1-8(5-16)9(3-11)6-17/h1-4,7H,(H,18,19). The van der Waals surface area contributed by atoms with Gasteiger partial charge in [0.2, 0.25) is 0 Å². The van der Waals surface area contributed by atoms with Crippen molar-refractivity contribution in [1.29, 1.82) is 10.5 Å². The van der Waals surface area contributed by atoms with Gasteiger partial charge in [0.05, 0.1) is 16.1 Å². The van der Waals surface area contributed by atoms with Gasteiger partial charge in [0.1, 0.15) is 18.0 Å². The molecule has 2 rings (SSSR count). The second-order valence-corrected chi connectivity index (χ2v) is 4.92. The Hall–Kier alpha value is -2.08. The van der Waals surface area contributed by atoms with Gasteiger partial charge in [0.25, 0.3) is 0 Å². The Balaban J connectivity index is 2.34. The molecule has 0 aliphatic carbocycles. The lowest BCUT2D eigenvalue weighted by atomic mass is 10.1. The van der Waals surface area contributed by atoms with Crippen molar-refractivity contribution in [3.8, 4) is 12.1 Å². The molecule has 0 aliphatic rings. The molecular weight excluding hydrogens is 328 g/mol. The number of hydrogen-bond donors (Lipinski definition) is 1. The molecule has 0 fully saturated rings. The minimum absolute atomic E-state index is 0.306. The third-order valence-electron chi connectivity index (χ3n) is 2.33. The summed E-state index contributed by atoms with van der Waals surface area (Å²) in [5.74, 6) is 0.485. The topological polar surface area (TPSA) is 72.5 Å². The molecule has 6 heteroatoms. The van der Waals surface area contributed by atoms with Gasteiger partial charge in [-0.05, 0) is 40.2 Å². The molecule has 0 spiro atoms. The largest absolute Gasteiger partial charge is 0.339 e. The number of halogens is 2. The van der Waals surface area contributed by atoms with Gasteiger partial charge in [0.15, 0.2) is 0 Å². The van der Waals surface area contributed by atoms with E-state index >= 15 is 0 Å². The Bertz CT molecular complexity index is 716. The second kappa shape index (κ2) is 5.71. The van der Waals surface area contributed by atoms with E-state index in [9.17, 15) is 0 Å². The van der Waals surface area contributed by atoms with Crippen molar-refractivity contribution in [3.05, 3.63) is 51.1 Å². The van der Waals surface area contributed by atoms with E-state index in [4.69, 9.17) is 22.1 Å². The zero-order valence-corrected chi connectivity index (χ0v) is 11.8. The van der Waals surface area contributed by atoms with Crippen molar-refractivity contribution in [1.82, 2.24) is 4.98 Å². The van der Waals surface area contributed by atoms with Crippen LogP contribution in [0.3, 0.4) is 0 Å². The third-order valence-corrected chi connectivity index (χ3v) is 3.05. The number of anilines is 2. The molecule has 0 saturated carbocycles. The van der Waals surface area contributed by atoms with Crippen molar-refractivity contribution in [3.63, 3.8) is 0 Å². The number of nitrogens with zero attached hydrogens (tertiary/aromatic N) is 3. The normalized spacial score (nSPS) is 9.47. The minimum atomic E-state index is 0.306. The molecule has 0 amide bonds. The minimum Gasteiger partial charge on any atom is -0.339 e. The Morgan fingerprint density at radius 1 is 1.16 bits per heavy atom. The van der Waals surface area contributed by atoms with Crippen LogP contribution in [-0.2, 0) is 0 Å². The molecule has 0 atom stereocenters. The molecule has 2 aromatic rings. The van der Waals surface area contributed by atoms with Crippen LogP contribution in [0.15, 0.2) is 34.9 Å². The van der Waals surface area contributed by atoms with Crippen LogP contribution >= 0.6 is 27.5 Å². The number of benzene rings is 1. The first kappa shape index (κ1) is 13.4. The van der Waals surface area contributed by atoms with Gasteiger partial charge < -0.3 is 5.32 Å². The van der Waals surface area contributed by atoms with E-state index in [1.807, 2.05) is 12.1 Å². The number of nitrogens with one attached hydrogen (secondary N) is 1. The van der Waals surface area contributed by atoms with Crippen LogP contribution < -0.4 is 5.32 Å². The Kier molecular flexibility index (Phi) is 4.01. The zero-order chi connectivity index (χ0) is 13.8. The molecule has 19 heavy (non-hydrogen) atoms. The summed E-state index contributed by atoms with van der Waals surface area (Å²) in [4.78, 5) is 4.13. The lowest BCUT2D eigenvalue weighted by Crippen LogP contribution is -1.96. The van der Waals surface area contributed by atoms with Gasteiger partial charge in [0, 0.05) is 16.4 Å². The fourth-order valence-electron chi connectivity index (χ4n) is 1.46. The predicted octanol–water partition coefficient (Wildman–Crippen LogP) is 3.98. The highest BCUT2D eigenvalue weighted by atomic mass is 79.9. The number of rotatable bonds is 2. The molecule has 0 aliphatic heterocycles. The summed E-state index contributed by atoms with van der Waals surface area (Å²) in [7, 11) is 0. The second-order valence-electron chi connectivity index (χ2n) is 3.59. The molecule has 0 bridgehead atoms. The Morgan fingerprint density at radius 3 is 2.53 bits per heavy atom. The van der Waals surface area contributed by atoms with Crippen LogP contribution in [0.5, 0.6) is 0 Å². The van der Waals surface area contributed by atoms with Crippen molar-refractivity contribution in [2.75, 3.05) is 5.32 Å². The highest BCUT2D eigenvalue weighted by molar-refractivity contribution is 9.10. The molecule has 1 aromatic heterocycles. The molecule has 92 valence electrons. The summed E-state index contributed by atoms with van der Waals surface area (Å²) in [6, 6.07) is 10.5. The van der Waals surface area contributed by atoms with Gasteiger partial charge in [-0.3, -0.25) is 0 Å². The first-order valence-electron chi connectivity index (χ1n) is 5.16. The molecule has 0 radical (unpaired) electrons. The highest BCUT2D eigenvalue weighted by Crippen LogP contribution is 2.26. The monoisotopic (exact) mass is 332 g/mol. The van der Waals surface area contributed by atoms with E-state index < -0.39 is 0 Å². The number of hydrogen-bond acceptors (Lipinski definition) is 4. The molecule has 0 unspecified atom stereocenters. The van der Waals surface area contributed by atoms with E-state index in [1.165, 1.54) is 0 Å². The van der Waals surface area contributed by atoms with Gasteiger partial charge in [-0.15, -0.1) is 0 Å². The summed E-state index contributed by atoms with van der Waals surface area (Å²) in [6.07, 6.45) is 1.61. The van der Waals surface area contributed by atoms with Gasteiger partial charge in [-0.2, -0.15) is 10.5 Å². The maximum atomic E-state index is 8.95. The van der Waals surface area contributed by atoms with E-state index in [2.05, 4.69) is 26.2 Å². The summed E-state index contributed by atoms with van der Waals surface area (Å²) in [5.41, 5.74) is 1.29. The molecule has 0 saturated heterocycles. The zero-order valence-electron chi connectivity index (χ0n) is 9.48. The van der Waals surface area contributed by atoms with E-state index in [-0.39, 0.29) is 0 Å². The van der Waals surface area contributed by atoms with E-state index in [0.717, 1.165) is 4.47 Å². The Labute approximate surface area is 123 Å². The van der Waals surface area contributed by atoms with Crippen LogP contribution in [0.4, 0.5) is 11.5 Å². The van der Waals surface area contributed by atoms with Gasteiger partial charge in [-0.1, -0.05) is 11.6 Å². The first-order chi connectivity index (χ1) is 9.13. The smallest absolute Gasteiger partial charge is 0.149 e. The fraction of sp³-hybridized carbons (Fsp3) is 0. The van der Waals surface area contributed by atoms with Crippen LogP contribution in [0.25, 0.3) is 0 Å². The molecule has 1 N–H and O–H groups in total. The van der Waals surface area contributed by atoms with Crippen molar-refractivity contribution in [2.45, 2.75) is 0 Å². The van der Waals surface area contributed by atoms with E-state index in [0.29, 0.717) is 27.7 Å². The van der Waals surface area contributed by atoms with Crippen molar-refractivity contribution >= 4 is 39.0 Å². The molecule has 1 heterocycles. The van der Waals surface area contributed by atoms with Crippen LogP contribution in [0, 0.1) is 22.7 Å². The van der Waals surface area contributed by atoms with E-state index in [1.54, 1.807) is 30.5 Å². The van der Waals surface area contributed by atoms with Crippen LogP contribution in [0.1, 0.15) is 11.1 Å². The maximum absolute atomic E-state index is 8.95. The number of nitriles is 2. The number of pyridine rings is 1. The summed E-state index contributed by atoms with van der Waals surface area (Å²) in [6.45, 7) is 0. The quantitative estimate of drug-likeness (QED) is 0.902. The first-order valence-corrected chi connectivity index (χ1v) is 6.33. The van der Waals surface area contributed by atoms with Gasteiger partial charge in [-0.25, -0.2) is 4.98 Å². The summed E-state index contributed by atoms with van der Waals surface area (Å²) < 4.78 is 0.778. The molecular formula is C13H6BrClN4. The third kappa shape index (κ3) is 3.03. The van der Waals surface area contributed by atoms with Crippen molar-refractivity contribution < 1.29 is 0 Å². The molecule has 1 aromatic carbocycles. The lowest BCUT2D eigenvalue weighted by molar-refractivity contribution is 1.29. The van der Waals surface area contributed by atoms with Gasteiger partial charge >= 0.3 is 0 Å². The predicted molar refractivity (Wildman–Crippen MR) is 76.1 cm³/mol. The average molecular weight is 334 g/mol. The maximum Gasteiger partial charge on any atom is 0.149 e. The fourth-order valence-corrected chi connectivity index (χ4v) is 2.13. The summed E-state index contributed by atoms with van der Waals surface area (Å²) >= 11 is 9.31. The highest BCUT2D eigenvalue weighted by Gasteiger charge is 2.06. The SMILES string of the molecule is N#Cc1ccc(Nc2ncc(Br)cc2Cl)cc1C#N. The van der Waals surface area contributed by atoms with Crippen LogP contribution in [0.2, 0.25) is 5.02 Å². The van der Waals surface area contributed by atoms with Crippen LogP contribution in [-0.4, -0.2) is 4.98 Å². The molecule has 4 nitrogen and oxygen atoms in total. The average Bonchev–Trinajstić information content (AvgIpc) is 2.41. The lowest BCUT2D eigenvalue weighted by Gasteiger charge is -2.08. The van der Waals surface area contributed by atoms with Crippen molar-refractivity contribution in [2.24, 2.45) is 0 Å².